The van der Waals surface area contributed by atoms with Gasteiger partial charge in [0.15, 0.2) is 6.61 Å². The van der Waals surface area contributed by atoms with Gasteiger partial charge in [-0.1, -0.05) is 0 Å². The van der Waals surface area contributed by atoms with Gasteiger partial charge in [0, 0.05) is 12.1 Å². The molecule has 0 aromatic heterocycles. The predicted octanol–water partition coefficient (Wildman–Crippen LogP) is 2.75. The molecule has 6 nitrogen and oxygen atoms in total. The molecule has 0 unspecified atom stereocenters. The third-order valence-electron chi connectivity index (χ3n) is 3.82. The fourth-order valence-electron chi connectivity index (χ4n) is 2.47. The second-order valence-corrected chi connectivity index (χ2v) is 5.81. The van der Waals surface area contributed by atoms with Gasteiger partial charge < -0.3 is 20.1 Å². The number of carbonyl (C=O) groups excluding carboxylic acids is 2. The summed E-state index contributed by atoms with van der Waals surface area (Å²) in [6, 6.07) is 10.8. The Morgan fingerprint density at radius 2 is 2.00 bits per heavy atom. The van der Waals surface area contributed by atoms with Crippen molar-refractivity contribution in [2.45, 2.75) is 12.8 Å². The Labute approximate surface area is 150 Å². The molecule has 26 heavy (non-hydrogen) atoms. The van der Waals surface area contributed by atoms with Crippen molar-refractivity contribution >= 4 is 17.5 Å². The summed E-state index contributed by atoms with van der Waals surface area (Å²) >= 11 is 0. The van der Waals surface area contributed by atoms with Crippen molar-refractivity contribution in [2.24, 2.45) is 0 Å². The third-order valence-corrected chi connectivity index (χ3v) is 3.82. The van der Waals surface area contributed by atoms with E-state index in [1.807, 2.05) is 0 Å². The topological polar surface area (TPSA) is 76.7 Å². The lowest BCUT2D eigenvalue weighted by Crippen LogP contribution is -2.27. The Hall–Kier alpha value is -3.09. The van der Waals surface area contributed by atoms with Crippen molar-refractivity contribution in [1.82, 2.24) is 5.32 Å². The van der Waals surface area contributed by atoms with E-state index < -0.39 is 0 Å². The summed E-state index contributed by atoms with van der Waals surface area (Å²) in [5.41, 5.74) is 1.04. The Kier molecular flexibility index (Phi) is 5.68. The highest BCUT2D eigenvalue weighted by molar-refractivity contribution is 5.98. The van der Waals surface area contributed by atoms with Crippen LogP contribution < -0.4 is 20.1 Å². The summed E-state index contributed by atoms with van der Waals surface area (Å²) in [7, 11) is 0. The summed E-state index contributed by atoms with van der Waals surface area (Å²) in [4.78, 5) is 23.4. The zero-order valence-corrected chi connectivity index (χ0v) is 14.1. The molecule has 1 aliphatic rings. The molecule has 2 aromatic rings. The van der Waals surface area contributed by atoms with Gasteiger partial charge in [0.2, 0.25) is 0 Å². The lowest BCUT2D eigenvalue weighted by Gasteiger charge is -2.18. The van der Waals surface area contributed by atoms with Gasteiger partial charge in [-0.05, 0) is 55.3 Å². The molecule has 0 bridgehead atoms. The molecule has 0 spiro atoms. The first-order valence-electron chi connectivity index (χ1n) is 8.35. The highest BCUT2D eigenvalue weighted by Crippen LogP contribution is 2.28. The maximum Gasteiger partial charge on any atom is 0.262 e. The standard InChI is InChI=1S/C19H19FN2O4/c20-14-4-6-15(7-5-14)25-10-2-1-9-21-19(24)13-3-8-16-17(11-13)26-12-18(23)22-16/h3-8,11H,1-2,9-10,12H2,(H,21,24)(H,22,23). The van der Waals surface area contributed by atoms with E-state index >= 15 is 0 Å². The number of rotatable bonds is 7. The second kappa shape index (κ2) is 8.33. The molecule has 0 saturated heterocycles. The van der Waals surface area contributed by atoms with Gasteiger partial charge in [-0.2, -0.15) is 0 Å². The molecule has 1 heterocycles. The van der Waals surface area contributed by atoms with Crippen LogP contribution in [0.15, 0.2) is 42.5 Å². The van der Waals surface area contributed by atoms with Crippen molar-refractivity contribution in [2.75, 3.05) is 25.1 Å². The molecule has 0 fully saturated rings. The number of amides is 2. The number of unbranched alkanes of at least 4 members (excludes halogenated alkanes) is 1. The maximum atomic E-state index is 12.8. The number of anilines is 1. The van der Waals surface area contributed by atoms with Crippen LogP contribution in [0.25, 0.3) is 0 Å². The van der Waals surface area contributed by atoms with Gasteiger partial charge in [0.1, 0.15) is 17.3 Å². The van der Waals surface area contributed by atoms with Crippen molar-refractivity contribution in [1.29, 1.82) is 0 Å². The normalized spacial score (nSPS) is 12.6. The minimum absolute atomic E-state index is 0.0495. The van der Waals surface area contributed by atoms with E-state index in [1.54, 1.807) is 30.3 Å². The lowest BCUT2D eigenvalue weighted by molar-refractivity contribution is -0.118. The molecule has 2 amide bonds. The predicted molar refractivity (Wildman–Crippen MR) is 94.0 cm³/mol. The van der Waals surface area contributed by atoms with Crippen LogP contribution in [-0.2, 0) is 4.79 Å². The largest absolute Gasteiger partial charge is 0.494 e. The van der Waals surface area contributed by atoms with Crippen LogP contribution in [0.1, 0.15) is 23.2 Å². The average molecular weight is 358 g/mol. The van der Waals surface area contributed by atoms with Crippen molar-refractivity contribution in [3.8, 4) is 11.5 Å². The Bertz CT molecular complexity index is 793. The zero-order chi connectivity index (χ0) is 18.4. The number of hydrogen-bond donors (Lipinski definition) is 2. The van der Waals surface area contributed by atoms with Crippen LogP contribution in [0.4, 0.5) is 10.1 Å². The highest BCUT2D eigenvalue weighted by atomic mass is 19.1. The molecule has 0 saturated carbocycles. The van der Waals surface area contributed by atoms with E-state index in [0.717, 1.165) is 12.8 Å². The van der Waals surface area contributed by atoms with Crippen molar-refractivity contribution < 1.29 is 23.5 Å². The summed E-state index contributed by atoms with van der Waals surface area (Å²) in [5.74, 6) is 0.405. The molecule has 0 radical (unpaired) electrons. The van der Waals surface area contributed by atoms with Gasteiger partial charge in [-0.25, -0.2) is 4.39 Å². The first kappa shape index (κ1) is 17.7. The number of ether oxygens (including phenoxy) is 2. The van der Waals surface area contributed by atoms with Gasteiger partial charge >= 0.3 is 0 Å². The summed E-state index contributed by atoms with van der Waals surface area (Å²) < 4.78 is 23.6. The molecule has 1 aliphatic heterocycles. The number of carbonyl (C=O) groups is 2. The van der Waals surface area contributed by atoms with E-state index in [-0.39, 0.29) is 24.2 Å². The minimum Gasteiger partial charge on any atom is -0.494 e. The SMILES string of the molecule is O=C1COc2cc(C(=O)NCCCCOc3ccc(F)cc3)ccc2N1. The lowest BCUT2D eigenvalue weighted by atomic mass is 10.1. The molecule has 0 atom stereocenters. The fraction of sp³-hybridized carbons (Fsp3) is 0.263. The van der Waals surface area contributed by atoms with Crippen molar-refractivity contribution in [3.05, 3.63) is 53.8 Å². The molecule has 3 rings (SSSR count). The van der Waals surface area contributed by atoms with E-state index in [0.29, 0.717) is 35.9 Å². The Balaban J connectivity index is 1.37. The van der Waals surface area contributed by atoms with E-state index in [4.69, 9.17) is 9.47 Å². The first-order valence-corrected chi connectivity index (χ1v) is 8.35. The number of halogens is 1. The third kappa shape index (κ3) is 4.72. The number of benzene rings is 2. The number of fused-ring (bicyclic) bond motifs is 1. The monoisotopic (exact) mass is 358 g/mol. The maximum absolute atomic E-state index is 12.8. The smallest absolute Gasteiger partial charge is 0.262 e. The highest BCUT2D eigenvalue weighted by Gasteiger charge is 2.17. The summed E-state index contributed by atoms with van der Waals surface area (Å²) in [5, 5.41) is 5.51. The van der Waals surface area contributed by atoms with Gasteiger partial charge in [0.05, 0.1) is 12.3 Å². The quantitative estimate of drug-likeness (QED) is 0.746. The molecule has 2 aromatic carbocycles. The molecule has 2 N–H and O–H groups in total. The van der Waals surface area contributed by atoms with Crippen LogP contribution >= 0.6 is 0 Å². The molecule has 0 aliphatic carbocycles. The number of hydrogen-bond acceptors (Lipinski definition) is 4. The Morgan fingerprint density at radius 1 is 1.19 bits per heavy atom. The van der Waals surface area contributed by atoms with Gasteiger partial charge in [0.25, 0.3) is 11.8 Å². The fourth-order valence-corrected chi connectivity index (χ4v) is 2.47. The second-order valence-electron chi connectivity index (χ2n) is 5.81. The van der Waals surface area contributed by atoms with Crippen molar-refractivity contribution in [3.63, 3.8) is 0 Å². The van der Waals surface area contributed by atoms with E-state index in [9.17, 15) is 14.0 Å². The van der Waals surface area contributed by atoms with Gasteiger partial charge in [-0.3, -0.25) is 9.59 Å². The molecule has 7 heteroatoms. The number of nitrogens with one attached hydrogen (secondary N) is 2. The zero-order valence-electron chi connectivity index (χ0n) is 14.1. The molecular weight excluding hydrogens is 339 g/mol. The average Bonchev–Trinajstić information content (AvgIpc) is 2.65. The van der Waals surface area contributed by atoms with Gasteiger partial charge in [-0.15, -0.1) is 0 Å². The van der Waals surface area contributed by atoms with Crippen LogP contribution in [0.3, 0.4) is 0 Å². The van der Waals surface area contributed by atoms with E-state index in [1.165, 1.54) is 12.1 Å². The van der Waals surface area contributed by atoms with Crippen LogP contribution in [0.5, 0.6) is 11.5 Å². The first-order chi connectivity index (χ1) is 12.6. The summed E-state index contributed by atoms with van der Waals surface area (Å²) in [6.07, 6.45) is 1.52. The van der Waals surface area contributed by atoms with Crippen LogP contribution in [-0.4, -0.2) is 31.6 Å². The molecular formula is C19H19FN2O4. The van der Waals surface area contributed by atoms with Crippen LogP contribution in [0.2, 0.25) is 0 Å². The van der Waals surface area contributed by atoms with Crippen LogP contribution in [0, 0.1) is 5.82 Å². The molecule has 136 valence electrons. The summed E-state index contributed by atoms with van der Waals surface area (Å²) in [6.45, 7) is 0.959. The van der Waals surface area contributed by atoms with E-state index in [2.05, 4.69) is 10.6 Å². The minimum atomic E-state index is -0.296. The Morgan fingerprint density at radius 3 is 2.81 bits per heavy atom.